The molecule has 0 unspecified atom stereocenters. The maximum Gasteiger partial charge on any atom is 0.274 e. The minimum absolute atomic E-state index is 0.231. The fourth-order valence-electron chi connectivity index (χ4n) is 4.29. The maximum absolute atomic E-state index is 13.1. The molecule has 2 aromatic carbocycles. The molecule has 2 N–H and O–H groups in total. The van der Waals surface area contributed by atoms with Crippen molar-refractivity contribution in [2.45, 2.75) is 19.8 Å². The third kappa shape index (κ3) is 4.45. The number of carbonyl (C=O) groups excluding carboxylic acids is 1. The number of nitrogens with zero attached hydrogens (tertiary/aromatic N) is 4. The largest absolute Gasteiger partial charge is 0.367 e. The van der Waals surface area contributed by atoms with Crippen LogP contribution in [0.5, 0.6) is 0 Å². The summed E-state index contributed by atoms with van der Waals surface area (Å²) in [6.45, 7) is 5.87. The molecule has 168 valence electrons. The number of fused-ring (bicyclic) bond motifs is 1. The molecule has 0 radical (unpaired) electrons. The van der Waals surface area contributed by atoms with Gasteiger partial charge in [-0.05, 0) is 35.7 Å². The Bertz CT molecular complexity index is 1260. The Labute approximate surface area is 193 Å². The molecule has 1 fully saturated rings. The van der Waals surface area contributed by atoms with Crippen LogP contribution in [0.3, 0.4) is 0 Å². The van der Waals surface area contributed by atoms with Crippen LogP contribution in [0.25, 0.3) is 16.8 Å². The first-order valence-corrected chi connectivity index (χ1v) is 11.5. The van der Waals surface area contributed by atoms with E-state index in [1.807, 2.05) is 18.2 Å². The van der Waals surface area contributed by atoms with Gasteiger partial charge in [0, 0.05) is 37.9 Å². The third-order valence-electron chi connectivity index (χ3n) is 6.02. The molecule has 5 rings (SSSR count). The van der Waals surface area contributed by atoms with Crippen LogP contribution in [0.2, 0.25) is 0 Å². The minimum atomic E-state index is -0.231. The van der Waals surface area contributed by atoms with Gasteiger partial charge in [0.15, 0.2) is 5.65 Å². The molecule has 1 aliphatic heterocycles. The summed E-state index contributed by atoms with van der Waals surface area (Å²) in [5.41, 5.74) is 6.13. The maximum atomic E-state index is 13.1. The van der Waals surface area contributed by atoms with E-state index in [2.05, 4.69) is 62.9 Å². The highest BCUT2D eigenvalue weighted by Crippen LogP contribution is 2.27. The average Bonchev–Trinajstić information content (AvgIpc) is 3.29. The molecule has 0 bridgehead atoms. The lowest BCUT2D eigenvalue weighted by Gasteiger charge is -2.31. The lowest BCUT2D eigenvalue weighted by molar-refractivity contribution is 0.102. The highest BCUT2D eigenvalue weighted by molar-refractivity contribution is 6.05. The van der Waals surface area contributed by atoms with Gasteiger partial charge in [-0.25, -0.2) is 9.50 Å². The van der Waals surface area contributed by atoms with E-state index in [0.29, 0.717) is 11.3 Å². The van der Waals surface area contributed by atoms with Gasteiger partial charge in [-0.2, -0.15) is 5.10 Å². The Morgan fingerprint density at radius 1 is 1.06 bits per heavy atom. The number of carbonyl (C=O) groups is 1. The number of hydrogen-bond acceptors (Lipinski definition) is 5. The Balaban J connectivity index is 1.41. The monoisotopic (exact) mass is 440 g/mol. The number of amides is 1. The molecule has 2 aromatic heterocycles. The molecule has 4 aromatic rings. The number of piperazine rings is 1. The van der Waals surface area contributed by atoms with Crippen molar-refractivity contribution >= 4 is 22.9 Å². The van der Waals surface area contributed by atoms with E-state index in [-0.39, 0.29) is 5.91 Å². The van der Waals surface area contributed by atoms with Crippen LogP contribution in [0.15, 0.2) is 67.0 Å². The summed E-state index contributed by atoms with van der Waals surface area (Å²) in [5.74, 6) is -0.231. The molecule has 7 heteroatoms. The predicted octanol–water partition coefficient (Wildman–Crippen LogP) is 4.01. The van der Waals surface area contributed by atoms with E-state index >= 15 is 0 Å². The second-order valence-electron chi connectivity index (χ2n) is 8.29. The quantitative estimate of drug-likeness (QED) is 0.474. The van der Waals surface area contributed by atoms with E-state index < -0.39 is 0 Å². The third-order valence-corrected chi connectivity index (χ3v) is 6.02. The van der Waals surface area contributed by atoms with Crippen molar-refractivity contribution < 1.29 is 4.79 Å². The van der Waals surface area contributed by atoms with Crippen LogP contribution in [0, 0.1) is 0 Å². The zero-order valence-electron chi connectivity index (χ0n) is 18.8. The van der Waals surface area contributed by atoms with E-state index in [4.69, 9.17) is 0 Å². The number of aromatic nitrogens is 3. The van der Waals surface area contributed by atoms with Gasteiger partial charge in [0.05, 0.1) is 17.6 Å². The second kappa shape index (κ2) is 9.42. The Morgan fingerprint density at radius 3 is 2.64 bits per heavy atom. The summed E-state index contributed by atoms with van der Waals surface area (Å²) in [7, 11) is 0. The van der Waals surface area contributed by atoms with Gasteiger partial charge in [0.2, 0.25) is 0 Å². The Kier molecular flexibility index (Phi) is 6.04. The number of rotatable bonds is 6. The van der Waals surface area contributed by atoms with Crippen molar-refractivity contribution in [3.63, 3.8) is 0 Å². The molecule has 1 aliphatic rings. The van der Waals surface area contributed by atoms with E-state index in [1.54, 1.807) is 23.0 Å². The van der Waals surface area contributed by atoms with Crippen molar-refractivity contribution in [1.29, 1.82) is 0 Å². The Hall–Kier alpha value is -3.71. The highest BCUT2D eigenvalue weighted by atomic mass is 16.1. The lowest BCUT2D eigenvalue weighted by atomic mass is 10.0. The topological polar surface area (TPSA) is 74.6 Å². The summed E-state index contributed by atoms with van der Waals surface area (Å²) in [4.78, 5) is 20.1. The number of benzene rings is 2. The van der Waals surface area contributed by atoms with Gasteiger partial charge in [-0.3, -0.25) is 4.79 Å². The first kappa shape index (κ1) is 21.2. The average molecular weight is 441 g/mol. The van der Waals surface area contributed by atoms with E-state index in [9.17, 15) is 4.79 Å². The molecule has 0 aliphatic carbocycles. The minimum Gasteiger partial charge on any atom is -0.367 e. The molecule has 0 saturated carbocycles. The number of hydrogen-bond donors (Lipinski definition) is 2. The fraction of sp³-hybridized carbons (Fsp3) is 0.269. The summed E-state index contributed by atoms with van der Waals surface area (Å²) in [5, 5.41) is 10.9. The van der Waals surface area contributed by atoms with Gasteiger partial charge in [-0.1, -0.05) is 49.7 Å². The molecule has 0 spiro atoms. The van der Waals surface area contributed by atoms with Crippen molar-refractivity contribution in [3.05, 3.63) is 78.2 Å². The molecule has 7 nitrogen and oxygen atoms in total. The van der Waals surface area contributed by atoms with Crippen LogP contribution < -0.4 is 15.5 Å². The zero-order chi connectivity index (χ0) is 22.6. The van der Waals surface area contributed by atoms with Crippen LogP contribution in [-0.2, 0) is 6.42 Å². The first-order valence-electron chi connectivity index (χ1n) is 11.5. The van der Waals surface area contributed by atoms with Gasteiger partial charge < -0.3 is 15.5 Å². The number of nitrogens with one attached hydrogen (secondary N) is 2. The summed E-state index contributed by atoms with van der Waals surface area (Å²) in [6, 6.07) is 18.1. The molecular weight excluding hydrogens is 412 g/mol. The second-order valence-corrected chi connectivity index (χ2v) is 8.29. The van der Waals surface area contributed by atoms with E-state index in [1.165, 1.54) is 5.56 Å². The Morgan fingerprint density at radius 2 is 1.85 bits per heavy atom. The number of anilines is 2. The molecule has 33 heavy (non-hydrogen) atoms. The SMILES string of the molecule is CCCc1ccc(-c2cnn3ccc(C(=O)Nc4ccccc4N4CCNCC4)nc23)cc1. The number of aryl methyl sites for hydroxylation is 1. The first-order chi connectivity index (χ1) is 16.2. The summed E-state index contributed by atoms with van der Waals surface area (Å²) >= 11 is 0. The molecular formula is C26H28N6O. The van der Waals surface area contributed by atoms with Crippen molar-refractivity contribution in [2.24, 2.45) is 0 Å². The van der Waals surface area contributed by atoms with E-state index in [0.717, 1.165) is 61.5 Å². The highest BCUT2D eigenvalue weighted by Gasteiger charge is 2.17. The summed E-state index contributed by atoms with van der Waals surface area (Å²) < 4.78 is 1.71. The predicted molar refractivity (Wildman–Crippen MR) is 132 cm³/mol. The van der Waals surface area contributed by atoms with Crippen molar-refractivity contribution in [1.82, 2.24) is 19.9 Å². The van der Waals surface area contributed by atoms with Gasteiger partial charge in [0.1, 0.15) is 5.69 Å². The van der Waals surface area contributed by atoms with Gasteiger partial charge >= 0.3 is 0 Å². The van der Waals surface area contributed by atoms with Gasteiger partial charge in [0.25, 0.3) is 5.91 Å². The molecule has 1 saturated heterocycles. The normalized spacial score (nSPS) is 13.9. The number of para-hydroxylation sites is 2. The standard InChI is InChI=1S/C26H28N6O/c1-2-5-19-8-10-20(11-9-19)21-18-28-32-15-12-23(29-25(21)32)26(33)30-22-6-3-4-7-24(22)31-16-13-27-14-17-31/h3-4,6-12,15,18,27H,2,5,13-14,16-17H2,1H3,(H,30,33). The van der Waals surface area contributed by atoms with Crippen LogP contribution >= 0.6 is 0 Å². The zero-order valence-corrected chi connectivity index (χ0v) is 18.8. The molecule has 3 heterocycles. The molecule has 1 amide bonds. The fourth-order valence-corrected chi connectivity index (χ4v) is 4.29. The van der Waals surface area contributed by atoms with Gasteiger partial charge in [-0.15, -0.1) is 0 Å². The van der Waals surface area contributed by atoms with Crippen LogP contribution in [0.1, 0.15) is 29.4 Å². The van der Waals surface area contributed by atoms with Crippen LogP contribution in [-0.4, -0.2) is 46.7 Å². The lowest BCUT2D eigenvalue weighted by Crippen LogP contribution is -2.43. The van der Waals surface area contributed by atoms with Crippen LogP contribution in [0.4, 0.5) is 11.4 Å². The van der Waals surface area contributed by atoms with Crippen molar-refractivity contribution in [3.8, 4) is 11.1 Å². The smallest absolute Gasteiger partial charge is 0.274 e. The molecule has 0 atom stereocenters. The van der Waals surface area contributed by atoms with Crippen molar-refractivity contribution in [2.75, 3.05) is 36.4 Å². The summed E-state index contributed by atoms with van der Waals surface area (Å²) in [6.07, 6.45) is 5.77.